The van der Waals surface area contributed by atoms with E-state index in [2.05, 4.69) is 38.4 Å². The summed E-state index contributed by atoms with van der Waals surface area (Å²) in [4.78, 5) is 11.9. The highest BCUT2D eigenvalue weighted by Crippen LogP contribution is 2.36. The second-order valence-electron chi connectivity index (χ2n) is 6.31. The SMILES string of the molecule is C=COc1nc2ccc(Cl)c(Oc3ccccc3)c2nc1C#Cc1ccc(N=[N+]=[N-])cc1. The zero-order valence-electron chi connectivity index (χ0n) is 16.6. The molecule has 32 heavy (non-hydrogen) atoms. The molecule has 0 aliphatic carbocycles. The third-order valence-electron chi connectivity index (χ3n) is 4.22. The first kappa shape index (κ1) is 20.8. The van der Waals surface area contributed by atoms with Crippen LogP contribution in [0, 0.1) is 11.8 Å². The van der Waals surface area contributed by atoms with Gasteiger partial charge in [0, 0.05) is 16.2 Å². The lowest BCUT2D eigenvalue weighted by atomic mass is 10.2. The quantitative estimate of drug-likeness (QED) is 0.111. The zero-order valence-corrected chi connectivity index (χ0v) is 17.3. The molecule has 1 aromatic heterocycles. The minimum absolute atomic E-state index is 0.207. The van der Waals surface area contributed by atoms with Crippen LogP contribution < -0.4 is 9.47 Å². The van der Waals surface area contributed by atoms with E-state index in [4.69, 9.17) is 26.6 Å². The summed E-state index contributed by atoms with van der Waals surface area (Å²) in [7, 11) is 0. The Labute approximate surface area is 188 Å². The van der Waals surface area contributed by atoms with E-state index in [-0.39, 0.29) is 11.6 Å². The van der Waals surface area contributed by atoms with Crippen LogP contribution in [0.25, 0.3) is 21.5 Å². The summed E-state index contributed by atoms with van der Waals surface area (Å²) in [5, 5.41) is 3.93. The van der Waals surface area contributed by atoms with Gasteiger partial charge in [-0.25, -0.2) is 9.97 Å². The third-order valence-corrected chi connectivity index (χ3v) is 4.52. The molecule has 4 rings (SSSR count). The molecule has 0 aliphatic rings. The van der Waals surface area contributed by atoms with Gasteiger partial charge in [-0.15, -0.1) is 0 Å². The highest BCUT2D eigenvalue weighted by molar-refractivity contribution is 6.33. The molecular formula is C24H14ClN5O2. The van der Waals surface area contributed by atoms with E-state index >= 15 is 0 Å². The van der Waals surface area contributed by atoms with Crippen molar-refractivity contribution in [1.82, 2.24) is 9.97 Å². The molecule has 0 atom stereocenters. The van der Waals surface area contributed by atoms with E-state index in [1.54, 1.807) is 36.4 Å². The Morgan fingerprint density at radius 3 is 2.50 bits per heavy atom. The molecule has 0 radical (unpaired) electrons. The molecule has 8 heteroatoms. The predicted molar refractivity (Wildman–Crippen MR) is 123 cm³/mol. The lowest BCUT2D eigenvalue weighted by molar-refractivity contribution is 0.460. The van der Waals surface area contributed by atoms with Crippen molar-refractivity contribution in [2.45, 2.75) is 0 Å². The predicted octanol–water partition coefficient (Wildman–Crippen LogP) is 6.94. The van der Waals surface area contributed by atoms with Gasteiger partial charge < -0.3 is 9.47 Å². The Balaban J connectivity index is 1.80. The van der Waals surface area contributed by atoms with Crippen molar-refractivity contribution in [3.63, 3.8) is 0 Å². The second-order valence-corrected chi connectivity index (χ2v) is 6.71. The fourth-order valence-corrected chi connectivity index (χ4v) is 2.99. The maximum absolute atomic E-state index is 8.52. The number of rotatable bonds is 5. The van der Waals surface area contributed by atoms with Gasteiger partial charge in [0.1, 0.15) is 11.3 Å². The van der Waals surface area contributed by atoms with Crippen LogP contribution in [0.5, 0.6) is 17.4 Å². The van der Waals surface area contributed by atoms with E-state index in [0.29, 0.717) is 38.8 Å². The molecule has 0 spiro atoms. The average molecular weight is 440 g/mol. The van der Waals surface area contributed by atoms with Gasteiger partial charge in [-0.2, -0.15) is 0 Å². The van der Waals surface area contributed by atoms with Gasteiger partial charge in [0.2, 0.25) is 0 Å². The van der Waals surface area contributed by atoms with Gasteiger partial charge in [-0.1, -0.05) is 59.5 Å². The zero-order chi connectivity index (χ0) is 22.3. The molecule has 1 heterocycles. The van der Waals surface area contributed by atoms with Crippen molar-refractivity contribution < 1.29 is 9.47 Å². The number of hydrogen-bond donors (Lipinski definition) is 0. The monoisotopic (exact) mass is 439 g/mol. The van der Waals surface area contributed by atoms with Crippen LogP contribution in [-0.2, 0) is 0 Å². The van der Waals surface area contributed by atoms with Gasteiger partial charge in [0.15, 0.2) is 11.4 Å². The number of fused-ring (bicyclic) bond motifs is 1. The van der Waals surface area contributed by atoms with Gasteiger partial charge >= 0.3 is 0 Å². The molecule has 0 fully saturated rings. The van der Waals surface area contributed by atoms with Crippen LogP contribution in [0.4, 0.5) is 5.69 Å². The summed E-state index contributed by atoms with van der Waals surface area (Å²) >= 11 is 6.41. The first-order valence-electron chi connectivity index (χ1n) is 9.36. The Morgan fingerprint density at radius 2 is 1.78 bits per heavy atom. The Bertz CT molecular complexity index is 1400. The average Bonchev–Trinajstić information content (AvgIpc) is 2.82. The van der Waals surface area contributed by atoms with Crippen LogP contribution >= 0.6 is 11.6 Å². The first-order valence-corrected chi connectivity index (χ1v) is 9.73. The van der Waals surface area contributed by atoms with Crippen molar-refractivity contribution in [2.75, 3.05) is 0 Å². The summed E-state index contributed by atoms with van der Waals surface area (Å²) in [6.07, 6.45) is 1.26. The summed E-state index contributed by atoms with van der Waals surface area (Å²) < 4.78 is 11.4. The maximum atomic E-state index is 8.52. The highest BCUT2D eigenvalue weighted by atomic mass is 35.5. The second kappa shape index (κ2) is 9.54. The molecule has 3 aromatic carbocycles. The number of nitrogens with zero attached hydrogens (tertiary/aromatic N) is 5. The van der Waals surface area contributed by atoms with Crippen LogP contribution in [-0.4, -0.2) is 9.97 Å². The smallest absolute Gasteiger partial charge is 0.254 e. The third kappa shape index (κ3) is 4.63. The summed E-state index contributed by atoms with van der Waals surface area (Å²) in [5.74, 6) is 7.16. The molecule has 7 nitrogen and oxygen atoms in total. The standard InChI is InChI=1S/C24H14ClN5O2/c1-2-31-24-21(14-10-16-8-11-17(12-9-16)29-30-26)27-22-20(28-24)15-13-19(25)23(22)32-18-6-4-3-5-7-18/h2-9,11-13,15H,1H2. The molecule has 0 unspecified atom stereocenters. The number of aromatic nitrogens is 2. The highest BCUT2D eigenvalue weighted by Gasteiger charge is 2.15. The topological polar surface area (TPSA) is 93.0 Å². The number of azide groups is 1. The van der Waals surface area contributed by atoms with E-state index in [0.717, 1.165) is 0 Å². The van der Waals surface area contributed by atoms with Crippen LogP contribution in [0.3, 0.4) is 0 Å². The number of hydrogen-bond acceptors (Lipinski definition) is 5. The van der Waals surface area contributed by atoms with E-state index in [1.165, 1.54) is 6.26 Å². The fourth-order valence-electron chi connectivity index (χ4n) is 2.80. The Morgan fingerprint density at radius 1 is 1.00 bits per heavy atom. The summed E-state index contributed by atoms with van der Waals surface area (Å²) in [6, 6.07) is 19.5. The van der Waals surface area contributed by atoms with Gasteiger partial charge in [-0.05, 0) is 47.8 Å². The number of halogens is 1. The van der Waals surface area contributed by atoms with E-state index < -0.39 is 0 Å². The molecule has 154 valence electrons. The molecule has 0 saturated carbocycles. The summed E-state index contributed by atoms with van der Waals surface area (Å²) in [5.41, 5.74) is 11.0. The lowest BCUT2D eigenvalue weighted by Crippen LogP contribution is -1.98. The molecule has 0 N–H and O–H groups in total. The van der Waals surface area contributed by atoms with Crippen molar-refractivity contribution in [3.05, 3.63) is 106 Å². The van der Waals surface area contributed by atoms with Crippen LogP contribution in [0.15, 0.2) is 84.7 Å². The molecule has 0 amide bonds. The molecule has 0 bridgehead atoms. The summed E-state index contributed by atoms with van der Waals surface area (Å²) in [6.45, 7) is 3.59. The van der Waals surface area contributed by atoms with Crippen LogP contribution in [0.2, 0.25) is 5.02 Å². The normalized spacial score (nSPS) is 9.91. The van der Waals surface area contributed by atoms with Crippen molar-refractivity contribution in [3.8, 4) is 29.2 Å². The van der Waals surface area contributed by atoms with Crippen molar-refractivity contribution in [1.29, 1.82) is 0 Å². The maximum Gasteiger partial charge on any atom is 0.254 e. The molecule has 0 aliphatic heterocycles. The molecule has 0 saturated heterocycles. The lowest BCUT2D eigenvalue weighted by Gasteiger charge is -2.11. The van der Waals surface area contributed by atoms with Gasteiger partial charge in [-0.3, -0.25) is 0 Å². The number of ether oxygens (including phenoxy) is 2. The Kier molecular flexibility index (Phi) is 6.19. The Hall–Kier alpha value is -4.50. The fraction of sp³-hybridized carbons (Fsp3) is 0. The minimum Gasteiger partial charge on any atom is -0.453 e. The molecule has 4 aromatic rings. The van der Waals surface area contributed by atoms with E-state index in [9.17, 15) is 0 Å². The van der Waals surface area contributed by atoms with Gasteiger partial charge in [0.05, 0.1) is 16.8 Å². The van der Waals surface area contributed by atoms with Gasteiger partial charge in [0.25, 0.3) is 5.88 Å². The number of benzene rings is 3. The van der Waals surface area contributed by atoms with Crippen molar-refractivity contribution in [2.24, 2.45) is 5.11 Å². The van der Waals surface area contributed by atoms with Crippen LogP contribution in [0.1, 0.15) is 11.3 Å². The largest absolute Gasteiger partial charge is 0.453 e. The van der Waals surface area contributed by atoms with Crippen molar-refractivity contribution >= 4 is 28.3 Å². The minimum atomic E-state index is 0.207. The molecular weight excluding hydrogens is 426 g/mol. The number of para-hydroxylation sites is 1. The first-order chi connectivity index (χ1) is 15.7. The van der Waals surface area contributed by atoms with E-state index in [1.807, 2.05) is 30.3 Å².